The number of piperidine rings is 4. The third-order valence-electron chi connectivity index (χ3n) is 25.5. The minimum atomic E-state index is -3.71. The van der Waals surface area contributed by atoms with Crippen LogP contribution < -0.4 is 0 Å². The molecule has 8 aromatic carbocycles. The van der Waals surface area contributed by atoms with Crippen molar-refractivity contribution in [3.63, 3.8) is 0 Å². The molecule has 0 bridgehead atoms. The third kappa shape index (κ3) is 18.7. The van der Waals surface area contributed by atoms with Crippen LogP contribution in [0.25, 0.3) is 65.3 Å². The summed E-state index contributed by atoms with van der Waals surface area (Å²) >= 11 is 0. The Morgan fingerprint density at radius 3 is 0.961 bits per heavy atom. The fraction of sp³-hybridized carbons (Fsp3) is 0.305. The standard InChI is InChI=1S/C26H25FN2O4S.C25H24FN3O4S.C23H25FN2O4S.C21H22FN3O4S/c1-17-26(22-15-20(27)9-10-23(22)29(17)16-25(30)31)19-11-13-28(14-12-19)34(32,33)24-8-4-6-18-5-2-3-7-21(18)24;1-16-25(20-14-18(26)7-8-22(20)29(16)15-24(30)31)17-9-12-28(13-10-17)34(32,33)23-6-2-5-21-19(23)4-3-11-27-21;1-15-3-6-19(7-4-15)31(29,30)25-11-9-17(10-12-25)23-16(2)26(14-22(27)28)21-8-5-18(24)13-20(21)23;1-14-21(18-12-16(22)2-3-19(18)25(14)13-20(26)27)15-6-10-24(11-7-15)30(28,29)17-4-8-23-9-5-17/h2-10,15,19H,11-14,16H2,1H3,(H,30,31);2-8,11,14,17H,9-10,12-13,15H2,1H3,(H,30,31);3-8,13,17H,9-12,14H2,1-2H3,(H,27,28);2-5,8-9,12,15H,6-7,10-11,13H2,1H3,(H,26,27). The van der Waals surface area contributed by atoms with Gasteiger partial charge in [-0.15, -0.1) is 0 Å². The number of nitrogens with zero attached hydrogens (tertiary/aromatic N) is 10. The van der Waals surface area contributed by atoms with Gasteiger partial charge in [0.1, 0.15) is 49.4 Å². The molecule has 674 valence electrons. The Labute approximate surface area is 743 Å². The van der Waals surface area contributed by atoms with Gasteiger partial charge in [0.2, 0.25) is 40.1 Å². The second-order valence-corrected chi connectivity index (χ2v) is 40.8. The number of pyridine rings is 2. The molecule has 4 fully saturated rings. The summed E-state index contributed by atoms with van der Waals surface area (Å²) in [5.74, 6) is -5.32. The Kier molecular flexibility index (Phi) is 26.7. The van der Waals surface area contributed by atoms with E-state index in [4.69, 9.17) is 0 Å². The average molecular weight is 1840 g/mol. The second kappa shape index (κ2) is 37.6. The molecule has 0 amide bonds. The number of aryl methyl sites for hydroxylation is 1. The van der Waals surface area contributed by atoms with Gasteiger partial charge in [0.25, 0.3) is 0 Å². The van der Waals surface area contributed by atoms with Gasteiger partial charge < -0.3 is 38.7 Å². The Morgan fingerprint density at radius 2 is 0.620 bits per heavy atom. The first-order valence-electron chi connectivity index (χ1n) is 42.3. The van der Waals surface area contributed by atoms with Crippen molar-refractivity contribution in [3.05, 3.63) is 274 Å². The molecule has 14 aromatic rings. The number of halogens is 4. The molecule has 129 heavy (non-hydrogen) atoms. The highest BCUT2D eigenvalue weighted by molar-refractivity contribution is 7.90. The number of hydrogen-bond acceptors (Lipinski definition) is 14. The largest absolute Gasteiger partial charge is 0.480 e. The number of sulfonamides is 4. The van der Waals surface area contributed by atoms with E-state index in [-0.39, 0.29) is 87.8 Å². The van der Waals surface area contributed by atoms with E-state index < -0.39 is 64.0 Å². The first-order valence-corrected chi connectivity index (χ1v) is 48.1. The van der Waals surface area contributed by atoms with Crippen LogP contribution in [0.5, 0.6) is 0 Å². The second-order valence-electron chi connectivity index (χ2n) is 33.1. The lowest BCUT2D eigenvalue weighted by Crippen LogP contribution is -2.38. The number of fused-ring (bicyclic) bond motifs is 6. The monoisotopic (exact) mass is 1840 g/mol. The van der Waals surface area contributed by atoms with Crippen LogP contribution in [0.3, 0.4) is 0 Å². The lowest BCUT2D eigenvalue weighted by Gasteiger charge is -2.32. The van der Waals surface area contributed by atoms with Gasteiger partial charge >= 0.3 is 23.9 Å². The molecule has 4 N–H and O–H groups in total. The summed E-state index contributed by atoms with van der Waals surface area (Å²) in [4.78, 5) is 54.7. The fourth-order valence-corrected chi connectivity index (χ4v) is 25.7. The van der Waals surface area contributed by atoms with Crippen molar-refractivity contribution >= 4 is 129 Å². The molecule has 6 aromatic heterocycles. The number of carbonyl (C=O) groups is 4. The summed E-state index contributed by atoms with van der Waals surface area (Å²) in [6.07, 6.45) is 9.16. The highest BCUT2D eigenvalue weighted by Crippen LogP contribution is 2.45. The fourth-order valence-electron chi connectivity index (χ4n) is 19.4. The first kappa shape index (κ1) is 91.7. The predicted molar refractivity (Wildman–Crippen MR) is 481 cm³/mol. The lowest BCUT2D eigenvalue weighted by molar-refractivity contribution is -0.138. The van der Waals surface area contributed by atoms with Gasteiger partial charge in [0.15, 0.2) is 0 Å². The molecule has 0 unspecified atom stereocenters. The van der Waals surface area contributed by atoms with Crippen molar-refractivity contribution in [2.75, 3.05) is 52.4 Å². The molecule has 4 aliphatic heterocycles. The Balaban J connectivity index is 0.000000132. The molecule has 4 saturated heterocycles. The zero-order chi connectivity index (χ0) is 91.9. The van der Waals surface area contributed by atoms with Gasteiger partial charge in [0.05, 0.1) is 25.1 Å². The number of benzene rings is 8. The smallest absolute Gasteiger partial charge is 0.323 e. The van der Waals surface area contributed by atoms with Gasteiger partial charge in [-0.3, -0.25) is 29.1 Å². The van der Waals surface area contributed by atoms with Crippen LogP contribution in [-0.4, -0.2) is 176 Å². The van der Waals surface area contributed by atoms with E-state index in [1.165, 1.54) is 90.3 Å². The first-order chi connectivity index (χ1) is 61.5. The maximum absolute atomic E-state index is 14.1. The summed E-state index contributed by atoms with van der Waals surface area (Å²) in [6, 6.07) is 48.7. The maximum atomic E-state index is 14.1. The molecule has 4 aliphatic rings. The summed E-state index contributed by atoms with van der Waals surface area (Å²) < 4.78 is 175. The van der Waals surface area contributed by atoms with Gasteiger partial charge in [0, 0.05) is 148 Å². The molecule has 0 atom stereocenters. The molecule has 0 aliphatic carbocycles. The minimum absolute atomic E-state index is 0.0000194. The zero-order valence-corrected chi connectivity index (χ0v) is 74.6. The van der Waals surface area contributed by atoms with Gasteiger partial charge in [-0.25, -0.2) is 51.2 Å². The van der Waals surface area contributed by atoms with E-state index in [1.807, 2.05) is 65.0 Å². The maximum Gasteiger partial charge on any atom is 0.323 e. The summed E-state index contributed by atoms with van der Waals surface area (Å²) in [7, 11) is -14.5. The van der Waals surface area contributed by atoms with Crippen molar-refractivity contribution < 1.29 is 90.8 Å². The molecule has 0 saturated carbocycles. The molecule has 0 radical (unpaired) electrons. The zero-order valence-electron chi connectivity index (χ0n) is 71.3. The van der Waals surface area contributed by atoms with Crippen molar-refractivity contribution in [2.45, 2.75) is 155 Å². The molecule has 34 heteroatoms. The highest BCUT2D eigenvalue weighted by Gasteiger charge is 2.39. The SMILES string of the molecule is Cc1c(C2CCN(S(=O)(=O)c3cccc4ccccc34)CC2)c2cc(F)ccc2n1CC(=O)O.Cc1c(C2CCN(S(=O)(=O)c3cccc4ncccc34)CC2)c2cc(F)ccc2n1CC(=O)O.Cc1c(C2CCN(S(=O)(=O)c3ccncc3)CC2)c2cc(F)ccc2n1CC(=O)O.Cc1ccc(S(=O)(=O)N2CCC(c3c(C)n(CC(=O)O)c4ccc(F)cc34)CC2)cc1. The Hall–Kier alpha value is -12.0. The number of carboxylic acid groups (broad SMARTS) is 4. The van der Waals surface area contributed by atoms with Gasteiger partial charge in [-0.05, 0) is 265 Å². The molecule has 10 heterocycles. The van der Waals surface area contributed by atoms with Gasteiger partial charge in [-0.1, -0.05) is 60.2 Å². The topological polar surface area (TPSA) is 344 Å². The Bertz CT molecular complexity index is 6940. The quantitative estimate of drug-likeness (QED) is 0.0515. The molecule has 0 spiro atoms. The normalized spacial score (nSPS) is 16.0. The van der Waals surface area contributed by atoms with Crippen molar-refractivity contribution in [1.29, 1.82) is 0 Å². The number of aromatic nitrogens is 6. The number of carboxylic acids is 4. The van der Waals surface area contributed by atoms with Crippen LogP contribution in [0, 0.1) is 57.9 Å². The van der Waals surface area contributed by atoms with E-state index in [9.17, 15) is 90.8 Å². The van der Waals surface area contributed by atoms with E-state index >= 15 is 0 Å². The molecular weight excluding hydrogens is 1740 g/mol. The molecular formula is C95H96F4N10O16S4. The van der Waals surface area contributed by atoms with Crippen LogP contribution in [0.4, 0.5) is 17.6 Å². The Morgan fingerprint density at radius 1 is 0.326 bits per heavy atom. The number of rotatable bonds is 20. The van der Waals surface area contributed by atoms with Gasteiger partial charge in [-0.2, -0.15) is 17.2 Å². The summed E-state index contributed by atoms with van der Waals surface area (Å²) in [5, 5.41) is 42.3. The summed E-state index contributed by atoms with van der Waals surface area (Å²) in [5.41, 5.74) is 11.1. The average Bonchev–Trinajstić information content (AvgIpc) is 1.37. The van der Waals surface area contributed by atoms with E-state index in [2.05, 4.69) is 9.97 Å². The van der Waals surface area contributed by atoms with E-state index in [0.717, 1.165) is 56.0 Å². The van der Waals surface area contributed by atoms with E-state index in [0.29, 0.717) is 169 Å². The number of hydrogen-bond donors (Lipinski definition) is 4. The summed E-state index contributed by atoms with van der Waals surface area (Å²) in [6.45, 7) is 11.2. The lowest BCUT2D eigenvalue weighted by atomic mass is 9.88. The van der Waals surface area contributed by atoms with Crippen LogP contribution in [-0.2, 0) is 85.5 Å². The van der Waals surface area contributed by atoms with Crippen LogP contribution in [0.15, 0.2) is 220 Å². The highest BCUT2D eigenvalue weighted by atomic mass is 32.2. The molecule has 26 nitrogen and oxygen atoms in total. The third-order valence-corrected chi connectivity index (χ3v) is 33.2. The van der Waals surface area contributed by atoms with Crippen molar-refractivity contribution in [2.24, 2.45) is 0 Å². The van der Waals surface area contributed by atoms with Crippen LogP contribution >= 0.6 is 0 Å². The molecule has 18 rings (SSSR count). The van der Waals surface area contributed by atoms with Crippen LogP contribution in [0.1, 0.15) is 126 Å². The van der Waals surface area contributed by atoms with Crippen LogP contribution in [0.2, 0.25) is 0 Å². The van der Waals surface area contributed by atoms with Crippen molar-refractivity contribution in [1.82, 2.24) is 45.5 Å². The minimum Gasteiger partial charge on any atom is -0.480 e. The van der Waals surface area contributed by atoms with E-state index in [1.54, 1.807) is 115 Å². The predicted octanol–water partition coefficient (Wildman–Crippen LogP) is 16.4. The number of aliphatic carboxylic acids is 4. The van der Waals surface area contributed by atoms with Crippen molar-refractivity contribution in [3.8, 4) is 0 Å².